The molecule has 1 aromatic heterocycles. The predicted octanol–water partition coefficient (Wildman–Crippen LogP) is 2.40. The van der Waals surface area contributed by atoms with Crippen molar-refractivity contribution in [3.63, 3.8) is 0 Å². The number of carboxylic acids is 1. The summed E-state index contributed by atoms with van der Waals surface area (Å²) in [5.41, 5.74) is 0.479. The number of furan rings is 1. The summed E-state index contributed by atoms with van der Waals surface area (Å²) >= 11 is 0. The van der Waals surface area contributed by atoms with Gasteiger partial charge in [-0.05, 0) is 31.7 Å². The van der Waals surface area contributed by atoms with Gasteiger partial charge in [0.1, 0.15) is 12.0 Å². The third-order valence-corrected chi connectivity index (χ3v) is 3.53. The quantitative estimate of drug-likeness (QED) is 0.804. The number of hydrogen-bond donors (Lipinski definition) is 2. The van der Waals surface area contributed by atoms with E-state index < -0.39 is 5.97 Å². The molecule has 0 atom stereocenters. The summed E-state index contributed by atoms with van der Waals surface area (Å²) < 4.78 is 5.19. The molecule has 1 aliphatic carbocycles. The molecule has 1 fully saturated rings. The largest absolute Gasteiger partial charge is 0.478 e. The van der Waals surface area contributed by atoms with Crippen LogP contribution in [0.2, 0.25) is 0 Å². The Bertz CT molecular complexity index is 374. The van der Waals surface area contributed by atoms with Crippen LogP contribution in [0.4, 0.5) is 0 Å². The molecule has 0 bridgehead atoms. The summed E-state index contributed by atoms with van der Waals surface area (Å²) in [6.07, 6.45) is 6.09. The second-order valence-corrected chi connectivity index (χ2v) is 4.45. The van der Waals surface area contributed by atoms with Crippen LogP contribution < -0.4 is 5.32 Å². The SMILES string of the molecule is CCC1(NCc2cc(C(=O)O)co2)CCC1. The number of carboxylic acid groups (broad SMARTS) is 1. The average Bonchev–Trinajstić information content (AvgIpc) is 2.65. The fourth-order valence-electron chi connectivity index (χ4n) is 2.12. The van der Waals surface area contributed by atoms with E-state index in [1.807, 2.05) is 0 Å². The monoisotopic (exact) mass is 223 g/mol. The minimum absolute atomic E-state index is 0.218. The molecule has 0 saturated heterocycles. The molecule has 1 heterocycles. The minimum atomic E-state index is -0.941. The van der Waals surface area contributed by atoms with Crippen LogP contribution in [0.5, 0.6) is 0 Å². The molecule has 0 aromatic carbocycles. The van der Waals surface area contributed by atoms with Crippen molar-refractivity contribution in [3.05, 3.63) is 23.7 Å². The van der Waals surface area contributed by atoms with Gasteiger partial charge in [0.25, 0.3) is 0 Å². The van der Waals surface area contributed by atoms with Crippen molar-refractivity contribution in [2.24, 2.45) is 0 Å². The molecular weight excluding hydrogens is 206 g/mol. The predicted molar refractivity (Wildman–Crippen MR) is 59.4 cm³/mol. The molecule has 0 aliphatic heterocycles. The first-order chi connectivity index (χ1) is 7.65. The Balaban J connectivity index is 1.91. The Morgan fingerprint density at radius 1 is 1.62 bits per heavy atom. The zero-order valence-corrected chi connectivity index (χ0v) is 9.45. The van der Waals surface area contributed by atoms with E-state index in [2.05, 4.69) is 12.2 Å². The van der Waals surface area contributed by atoms with Crippen molar-refractivity contribution in [2.75, 3.05) is 0 Å². The number of hydrogen-bond acceptors (Lipinski definition) is 3. The van der Waals surface area contributed by atoms with Crippen LogP contribution in [-0.2, 0) is 6.54 Å². The average molecular weight is 223 g/mol. The second-order valence-electron chi connectivity index (χ2n) is 4.45. The smallest absolute Gasteiger partial charge is 0.338 e. The van der Waals surface area contributed by atoms with E-state index in [1.165, 1.54) is 25.5 Å². The van der Waals surface area contributed by atoms with Crippen molar-refractivity contribution in [3.8, 4) is 0 Å². The molecule has 0 unspecified atom stereocenters. The van der Waals surface area contributed by atoms with Crippen LogP contribution in [0.15, 0.2) is 16.7 Å². The first-order valence-electron chi connectivity index (χ1n) is 5.71. The molecule has 4 heteroatoms. The van der Waals surface area contributed by atoms with E-state index in [0.717, 1.165) is 6.42 Å². The van der Waals surface area contributed by atoms with Gasteiger partial charge in [-0.3, -0.25) is 0 Å². The van der Waals surface area contributed by atoms with Gasteiger partial charge in [-0.25, -0.2) is 4.79 Å². The second kappa shape index (κ2) is 4.29. The van der Waals surface area contributed by atoms with Crippen LogP contribution in [0, 0.1) is 0 Å². The van der Waals surface area contributed by atoms with Gasteiger partial charge in [-0.1, -0.05) is 6.92 Å². The van der Waals surface area contributed by atoms with Gasteiger partial charge in [0.2, 0.25) is 0 Å². The Hall–Kier alpha value is -1.29. The number of aromatic carboxylic acids is 1. The summed E-state index contributed by atoms with van der Waals surface area (Å²) in [5, 5.41) is 12.2. The third-order valence-electron chi connectivity index (χ3n) is 3.53. The number of nitrogens with one attached hydrogen (secondary N) is 1. The molecule has 0 spiro atoms. The summed E-state index contributed by atoms with van der Waals surface area (Å²) in [4.78, 5) is 10.7. The van der Waals surface area contributed by atoms with Gasteiger partial charge in [0, 0.05) is 5.54 Å². The molecule has 1 saturated carbocycles. The highest BCUT2D eigenvalue weighted by Crippen LogP contribution is 2.34. The van der Waals surface area contributed by atoms with Gasteiger partial charge >= 0.3 is 5.97 Å². The number of carbonyl (C=O) groups is 1. The normalized spacial score (nSPS) is 18.1. The maximum Gasteiger partial charge on any atom is 0.338 e. The first kappa shape index (κ1) is 11.2. The van der Waals surface area contributed by atoms with Crippen LogP contribution in [0.1, 0.15) is 48.7 Å². The Morgan fingerprint density at radius 3 is 2.81 bits per heavy atom. The molecule has 2 rings (SSSR count). The van der Waals surface area contributed by atoms with Crippen LogP contribution in [-0.4, -0.2) is 16.6 Å². The maximum atomic E-state index is 10.7. The topological polar surface area (TPSA) is 62.5 Å². The first-order valence-corrected chi connectivity index (χ1v) is 5.71. The van der Waals surface area contributed by atoms with Gasteiger partial charge in [-0.2, -0.15) is 0 Å². The lowest BCUT2D eigenvalue weighted by Gasteiger charge is -2.42. The molecule has 0 amide bonds. The molecule has 1 aliphatic rings. The van der Waals surface area contributed by atoms with Crippen LogP contribution >= 0.6 is 0 Å². The van der Waals surface area contributed by atoms with Crippen LogP contribution in [0.3, 0.4) is 0 Å². The zero-order chi connectivity index (χ0) is 11.6. The maximum absolute atomic E-state index is 10.7. The van der Waals surface area contributed by atoms with E-state index in [1.54, 1.807) is 6.07 Å². The van der Waals surface area contributed by atoms with Gasteiger partial charge in [0.15, 0.2) is 0 Å². The summed E-state index contributed by atoms with van der Waals surface area (Å²) in [6.45, 7) is 2.79. The highest BCUT2D eigenvalue weighted by molar-refractivity contribution is 5.87. The van der Waals surface area contributed by atoms with Gasteiger partial charge in [-0.15, -0.1) is 0 Å². The zero-order valence-electron chi connectivity index (χ0n) is 9.45. The fraction of sp³-hybridized carbons (Fsp3) is 0.583. The van der Waals surface area contributed by atoms with E-state index >= 15 is 0 Å². The van der Waals surface area contributed by atoms with Crippen molar-refractivity contribution in [1.29, 1.82) is 0 Å². The third kappa shape index (κ3) is 2.11. The molecule has 16 heavy (non-hydrogen) atoms. The molecule has 2 N–H and O–H groups in total. The van der Waals surface area contributed by atoms with E-state index in [-0.39, 0.29) is 11.1 Å². The summed E-state index contributed by atoms with van der Waals surface area (Å²) in [7, 11) is 0. The molecule has 4 nitrogen and oxygen atoms in total. The fourth-order valence-corrected chi connectivity index (χ4v) is 2.12. The minimum Gasteiger partial charge on any atom is -0.478 e. The summed E-state index contributed by atoms with van der Waals surface area (Å²) in [5.74, 6) is -0.249. The van der Waals surface area contributed by atoms with E-state index in [9.17, 15) is 4.79 Å². The van der Waals surface area contributed by atoms with Crippen molar-refractivity contribution in [1.82, 2.24) is 5.32 Å². The Labute approximate surface area is 94.6 Å². The standard InChI is InChI=1S/C12H17NO3/c1-2-12(4-3-5-12)13-7-10-6-9(8-16-10)11(14)15/h6,8,13H,2-5,7H2,1H3,(H,14,15). The molecular formula is C12H17NO3. The van der Waals surface area contributed by atoms with Crippen molar-refractivity contribution in [2.45, 2.75) is 44.7 Å². The van der Waals surface area contributed by atoms with Crippen LogP contribution in [0.25, 0.3) is 0 Å². The van der Waals surface area contributed by atoms with E-state index in [4.69, 9.17) is 9.52 Å². The Morgan fingerprint density at radius 2 is 2.38 bits per heavy atom. The molecule has 1 aromatic rings. The van der Waals surface area contributed by atoms with Crippen molar-refractivity contribution >= 4 is 5.97 Å². The lowest BCUT2D eigenvalue weighted by atomic mass is 9.75. The lowest BCUT2D eigenvalue weighted by Crippen LogP contribution is -2.49. The van der Waals surface area contributed by atoms with Gasteiger partial charge < -0.3 is 14.8 Å². The number of rotatable bonds is 5. The highest BCUT2D eigenvalue weighted by Gasteiger charge is 2.34. The Kier molecular flexibility index (Phi) is 3.01. The summed E-state index contributed by atoms with van der Waals surface area (Å²) in [6, 6.07) is 1.58. The lowest BCUT2D eigenvalue weighted by molar-refractivity contribution is 0.0696. The van der Waals surface area contributed by atoms with Gasteiger partial charge in [0.05, 0.1) is 12.1 Å². The van der Waals surface area contributed by atoms with Crippen molar-refractivity contribution < 1.29 is 14.3 Å². The molecule has 88 valence electrons. The van der Waals surface area contributed by atoms with E-state index in [0.29, 0.717) is 12.3 Å². The highest BCUT2D eigenvalue weighted by atomic mass is 16.4. The molecule has 0 radical (unpaired) electrons.